The summed E-state index contributed by atoms with van der Waals surface area (Å²) in [6.07, 6.45) is 7.17. The van der Waals surface area contributed by atoms with Crippen LogP contribution in [-0.4, -0.2) is 18.2 Å². The Morgan fingerprint density at radius 3 is 2.29 bits per heavy atom. The molecule has 1 rings (SSSR count). The van der Waals surface area contributed by atoms with Crippen LogP contribution in [0.5, 0.6) is 0 Å². The normalized spacial score (nSPS) is 31.8. The van der Waals surface area contributed by atoms with E-state index in [0.717, 1.165) is 37.7 Å². The molecule has 2 N–H and O–H groups in total. The van der Waals surface area contributed by atoms with Crippen molar-refractivity contribution in [3.63, 3.8) is 0 Å². The molecule has 2 heteroatoms. The third kappa shape index (κ3) is 4.26. The minimum atomic E-state index is -0.0177. The van der Waals surface area contributed by atoms with Gasteiger partial charge in [0.2, 0.25) is 0 Å². The summed E-state index contributed by atoms with van der Waals surface area (Å²) in [5.74, 6) is 1.59. The summed E-state index contributed by atoms with van der Waals surface area (Å²) in [6.45, 7) is 9.76. The molecule has 0 heterocycles. The summed E-state index contributed by atoms with van der Waals surface area (Å²) >= 11 is 0. The van der Waals surface area contributed by atoms with Gasteiger partial charge in [0, 0.05) is 12.6 Å². The topological polar surface area (TPSA) is 35.2 Å². The number of rotatable bonds is 6. The zero-order valence-electron chi connectivity index (χ0n) is 12.2. The standard InChI is InChI=1S/C15H31NO/c1-5-17-15(10-8-13(4)9-11-15)14(16)7-6-12(2)3/h12-14H,5-11,16H2,1-4H3. The van der Waals surface area contributed by atoms with Crippen LogP contribution in [-0.2, 0) is 4.74 Å². The van der Waals surface area contributed by atoms with Crippen molar-refractivity contribution in [1.29, 1.82) is 0 Å². The van der Waals surface area contributed by atoms with Gasteiger partial charge in [0.15, 0.2) is 0 Å². The van der Waals surface area contributed by atoms with Crippen LogP contribution in [0, 0.1) is 11.8 Å². The van der Waals surface area contributed by atoms with Crippen molar-refractivity contribution in [2.24, 2.45) is 17.6 Å². The van der Waals surface area contributed by atoms with Crippen molar-refractivity contribution in [2.75, 3.05) is 6.61 Å². The number of hydrogen-bond acceptors (Lipinski definition) is 2. The van der Waals surface area contributed by atoms with Crippen LogP contribution in [0.25, 0.3) is 0 Å². The van der Waals surface area contributed by atoms with Crippen molar-refractivity contribution in [3.05, 3.63) is 0 Å². The summed E-state index contributed by atoms with van der Waals surface area (Å²) in [4.78, 5) is 0. The molecule has 0 radical (unpaired) electrons. The maximum absolute atomic E-state index is 6.44. The summed E-state index contributed by atoms with van der Waals surface area (Å²) in [5, 5.41) is 0. The van der Waals surface area contributed by atoms with Gasteiger partial charge < -0.3 is 10.5 Å². The highest BCUT2D eigenvalue weighted by Gasteiger charge is 2.39. The highest BCUT2D eigenvalue weighted by Crippen LogP contribution is 2.38. The number of nitrogens with two attached hydrogens (primary N) is 1. The fraction of sp³-hybridized carbons (Fsp3) is 1.00. The molecule has 0 aromatic heterocycles. The van der Waals surface area contributed by atoms with E-state index in [2.05, 4.69) is 27.7 Å². The van der Waals surface area contributed by atoms with Crippen LogP contribution >= 0.6 is 0 Å². The molecule has 1 unspecified atom stereocenters. The van der Waals surface area contributed by atoms with E-state index in [4.69, 9.17) is 10.5 Å². The molecule has 1 atom stereocenters. The maximum Gasteiger partial charge on any atom is 0.0832 e. The van der Waals surface area contributed by atoms with Crippen LogP contribution in [0.3, 0.4) is 0 Å². The maximum atomic E-state index is 6.44. The lowest BCUT2D eigenvalue weighted by atomic mass is 9.74. The van der Waals surface area contributed by atoms with E-state index in [-0.39, 0.29) is 11.6 Å². The molecule has 0 spiro atoms. The van der Waals surface area contributed by atoms with Crippen LogP contribution in [0.4, 0.5) is 0 Å². The molecule has 0 aliphatic heterocycles. The molecule has 17 heavy (non-hydrogen) atoms. The van der Waals surface area contributed by atoms with Crippen molar-refractivity contribution in [3.8, 4) is 0 Å². The molecule has 1 fully saturated rings. The van der Waals surface area contributed by atoms with Crippen LogP contribution in [0.15, 0.2) is 0 Å². The molecule has 1 aliphatic rings. The quantitative estimate of drug-likeness (QED) is 0.769. The van der Waals surface area contributed by atoms with Crippen molar-refractivity contribution in [2.45, 2.75) is 77.9 Å². The molecule has 1 saturated carbocycles. The van der Waals surface area contributed by atoms with Crippen LogP contribution in [0.2, 0.25) is 0 Å². The first-order valence-electron chi connectivity index (χ1n) is 7.39. The van der Waals surface area contributed by atoms with E-state index in [9.17, 15) is 0 Å². The smallest absolute Gasteiger partial charge is 0.0832 e. The molecule has 0 aromatic carbocycles. The monoisotopic (exact) mass is 241 g/mol. The first-order valence-corrected chi connectivity index (χ1v) is 7.39. The van der Waals surface area contributed by atoms with Gasteiger partial charge in [-0.25, -0.2) is 0 Å². The summed E-state index contributed by atoms with van der Waals surface area (Å²) in [7, 11) is 0. The van der Waals surface area contributed by atoms with Gasteiger partial charge in [-0.3, -0.25) is 0 Å². The van der Waals surface area contributed by atoms with E-state index >= 15 is 0 Å². The average Bonchev–Trinajstić information content (AvgIpc) is 2.29. The van der Waals surface area contributed by atoms with E-state index in [1.54, 1.807) is 0 Å². The zero-order valence-corrected chi connectivity index (χ0v) is 12.2. The second kappa shape index (κ2) is 6.75. The first-order chi connectivity index (χ1) is 8.00. The largest absolute Gasteiger partial charge is 0.374 e. The molecule has 0 aromatic rings. The fourth-order valence-corrected chi connectivity index (χ4v) is 2.94. The van der Waals surface area contributed by atoms with Gasteiger partial charge in [0.05, 0.1) is 5.60 Å². The highest BCUT2D eigenvalue weighted by molar-refractivity contribution is 4.95. The second-order valence-electron chi connectivity index (χ2n) is 6.26. The lowest BCUT2D eigenvalue weighted by molar-refractivity contribution is -0.0905. The Labute approximate surface area is 107 Å². The Morgan fingerprint density at radius 2 is 1.82 bits per heavy atom. The second-order valence-corrected chi connectivity index (χ2v) is 6.26. The third-order valence-electron chi connectivity index (χ3n) is 4.28. The SMILES string of the molecule is CCOC1(C(N)CCC(C)C)CCC(C)CC1. The van der Waals surface area contributed by atoms with E-state index < -0.39 is 0 Å². The molecular weight excluding hydrogens is 210 g/mol. The number of hydrogen-bond donors (Lipinski definition) is 1. The Balaban J connectivity index is 2.57. The minimum absolute atomic E-state index is 0.0177. The van der Waals surface area contributed by atoms with Gasteiger partial charge in [0.25, 0.3) is 0 Å². The van der Waals surface area contributed by atoms with E-state index in [1.807, 2.05) is 0 Å². The van der Waals surface area contributed by atoms with Gasteiger partial charge in [-0.15, -0.1) is 0 Å². The lowest BCUT2D eigenvalue weighted by Gasteiger charge is -2.43. The summed E-state index contributed by atoms with van der Waals surface area (Å²) in [5.41, 5.74) is 6.42. The molecule has 0 saturated heterocycles. The first kappa shape index (κ1) is 15.0. The van der Waals surface area contributed by atoms with E-state index in [1.165, 1.54) is 19.3 Å². The Kier molecular flexibility index (Phi) is 5.94. The number of ether oxygens (including phenoxy) is 1. The van der Waals surface area contributed by atoms with Crippen LogP contribution in [0.1, 0.15) is 66.2 Å². The van der Waals surface area contributed by atoms with Gasteiger partial charge in [0.1, 0.15) is 0 Å². The third-order valence-corrected chi connectivity index (χ3v) is 4.28. The zero-order chi connectivity index (χ0) is 12.9. The summed E-state index contributed by atoms with van der Waals surface area (Å²) in [6, 6.07) is 0.220. The molecule has 1 aliphatic carbocycles. The molecular formula is C15H31NO. The van der Waals surface area contributed by atoms with Gasteiger partial charge in [-0.1, -0.05) is 20.8 Å². The Bertz CT molecular complexity index is 207. The van der Waals surface area contributed by atoms with Crippen molar-refractivity contribution < 1.29 is 4.74 Å². The predicted octanol–water partition coefficient (Wildman–Crippen LogP) is 3.74. The molecule has 102 valence electrons. The Morgan fingerprint density at radius 1 is 1.24 bits per heavy atom. The van der Waals surface area contributed by atoms with Gasteiger partial charge >= 0.3 is 0 Å². The lowest BCUT2D eigenvalue weighted by Crippen LogP contribution is -2.52. The van der Waals surface area contributed by atoms with Gasteiger partial charge in [-0.2, -0.15) is 0 Å². The predicted molar refractivity (Wildman–Crippen MR) is 74.0 cm³/mol. The molecule has 2 nitrogen and oxygen atoms in total. The minimum Gasteiger partial charge on any atom is -0.374 e. The van der Waals surface area contributed by atoms with Crippen LogP contribution < -0.4 is 5.73 Å². The van der Waals surface area contributed by atoms with Crippen molar-refractivity contribution >= 4 is 0 Å². The van der Waals surface area contributed by atoms with Crippen molar-refractivity contribution in [1.82, 2.24) is 0 Å². The molecule has 0 amide bonds. The fourth-order valence-electron chi connectivity index (χ4n) is 2.94. The van der Waals surface area contributed by atoms with E-state index in [0.29, 0.717) is 0 Å². The van der Waals surface area contributed by atoms with Gasteiger partial charge in [-0.05, 0) is 57.3 Å². The summed E-state index contributed by atoms with van der Waals surface area (Å²) < 4.78 is 6.09. The molecule has 0 bridgehead atoms. The highest BCUT2D eigenvalue weighted by atomic mass is 16.5. The average molecular weight is 241 g/mol. The Hall–Kier alpha value is -0.0800.